The predicted molar refractivity (Wildman–Crippen MR) is 90.2 cm³/mol. The number of imidazole rings is 1. The number of aryl methyl sites for hydroxylation is 1. The standard InChI is InChI=1S/C17H13N3OS/c1-10-3-2-4-12(7-10)16-18-15(9-22-16)11-5-6-13-14(8-11)20-17(21)19-13/h2-9H,1H3,(H2,19,20,21). The van der Waals surface area contributed by atoms with Crippen molar-refractivity contribution in [3.8, 4) is 21.8 Å². The molecule has 0 aliphatic heterocycles. The van der Waals surface area contributed by atoms with Crippen molar-refractivity contribution in [1.82, 2.24) is 15.0 Å². The SMILES string of the molecule is Cc1cccc(-c2nc(-c3ccc4[nH]c(=O)[nH]c4c3)cs2)c1. The first kappa shape index (κ1) is 13.0. The van der Waals surface area contributed by atoms with Crippen LogP contribution < -0.4 is 5.69 Å². The largest absolute Gasteiger partial charge is 0.323 e. The summed E-state index contributed by atoms with van der Waals surface area (Å²) in [5.41, 5.74) is 5.69. The van der Waals surface area contributed by atoms with Crippen molar-refractivity contribution in [2.75, 3.05) is 0 Å². The molecule has 0 aliphatic rings. The van der Waals surface area contributed by atoms with Crippen molar-refractivity contribution >= 4 is 22.4 Å². The highest BCUT2D eigenvalue weighted by Crippen LogP contribution is 2.30. The first-order chi connectivity index (χ1) is 10.7. The van der Waals surface area contributed by atoms with Gasteiger partial charge in [0.1, 0.15) is 5.01 Å². The van der Waals surface area contributed by atoms with Gasteiger partial charge in [0.15, 0.2) is 0 Å². The maximum Gasteiger partial charge on any atom is 0.323 e. The van der Waals surface area contributed by atoms with Gasteiger partial charge in [0.2, 0.25) is 0 Å². The van der Waals surface area contributed by atoms with Crippen LogP contribution in [0.2, 0.25) is 0 Å². The van der Waals surface area contributed by atoms with Gasteiger partial charge in [-0.15, -0.1) is 11.3 Å². The lowest BCUT2D eigenvalue weighted by Crippen LogP contribution is -1.99. The van der Waals surface area contributed by atoms with Crippen LogP contribution >= 0.6 is 11.3 Å². The summed E-state index contributed by atoms with van der Waals surface area (Å²) in [4.78, 5) is 21.6. The van der Waals surface area contributed by atoms with E-state index in [-0.39, 0.29) is 5.69 Å². The van der Waals surface area contributed by atoms with E-state index >= 15 is 0 Å². The van der Waals surface area contributed by atoms with Crippen LogP contribution in [-0.2, 0) is 0 Å². The van der Waals surface area contributed by atoms with E-state index < -0.39 is 0 Å². The second kappa shape index (κ2) is 4.96. The number of fused-ring (bicyclic) bond motifs is 1. The fourth-order valence-corrected chi connectivity index (χ4v) is 3.34. The van der Waals surface area contributed by atoms with Crippen LogP contribution in [0.1, 0.15) is 5.56 Å². The molecule has 2 aromatic carbocycles. The number of H-pyrrole nitrogens is 2. The maximum atomic E-state index is 11.3. The van der Waals surface area contributed by atoms with E-state index in [9.17, 15) is 4.79 Å². The minimum absolute atomic E-state index is 0.189. The number of benzene rings is 2. The summed E-state index contributed by atoms with van der Waals surface area (Å²) in [6.45, 7) is 2.08. The van der Waals surface area contributed by atoms with E-state index in [4.69, 9.17) is 4.98 Å². The zero-order valence-corrected chi connectivity index (χ0v) is 12.7. The molecule has 4 nitrogen and oxygen atoms in total. The number of thiazole rings is 1. The van der Waals surface area contributed by atoms with Crippen molar-refractivity contribution < 1.29 is 0 Å². The number of nitrogens with zero attached hydrogens (tertiary/aromatic N) is 1. The van der Waals surface area contributed by atoms with Gasteiger partial charge in [-0.3, -0.25) is 0 Å². The molecule has 0 saturated carbocycles. The van der Waals surface area contributed by atoms with Gasteiger partial charge in [-0.2, -0.15) is 0 Å². The molecule has 5 heteroatoms. The summed E-state index contributed by atoms with van der Waals surface area (Å²) in [5, 5.41) is 3.05. The first-order valence-electron chi connectivity index (χ1n) is 6.94. The lowest BCUT2D eigenvalue weighted by atomic mass is 10.1. The van der Waals surface area contributed by atoms with E-state index in [0.717, 1.165) is 32.9 Å². The van der Waals surface area contributed by atoms with Gasteiger partial charge in [-0.05, 0) is 25.1 Å². The van der Waals surface area contributed by atoms with Crippen LogP contribution in [-0.4, -0.2) is 15.0 Å². The molecule has 0 saturated heterocycles. The van der Waals surface area contributed by atoms with Crippen molar-refractivity contribution in [2.24, 2.45) is 0 Å². The minimum Gasteiger partial charge on any atom is -0.306 e. The molecule has 0 bridgehead atoms. The third-order valence-electron chi connectivity index (χ3n) is 3.58. The molecule has 22 heavy (non-hydrogen) atoms. The summed E-state index contributed by atoms with van der Waals surface area (Å²) in [7, 11) is 0. The van der Waals surface area contributed by atoms with Crippen molar-refractivity contribution in [1.29, 1.82) is 0 Å². The zero-order valence-electron chi connectivity index (χ0n) is 11.9. The summed E-state index contributed by atoms with van der Waals surface area (Å²) >= 11 is 1.63. The normalized spacial score (nSPS) is 11.1. The van der Waals surface area contributed by atoms with E-state index in [1.165, 1.54) is 5.56 Å². The molecule has 2 aromatic heterocycles. The van der Waals surface area contributed by atoms with Crippen LogP contribution in [0.3, 0.4) is 0 Å². The van der Waals surface area contributed by atoms with Crippen LogP contribution in [0.4, 0.5) is 0 Å². The number of nitrogens with one attached hydrogen (secondary N) is 2. The quantitative estimate of drug-likeness (QED) is 0.589. The van der Waals surface area contributed by atoms with Gasteiger partial charge >= 0.3 is 5.69 Å². The van der Waals surface area contributed by atoms with E-state index in [0.29, 0.717) is 0 Å². The summed E-state index contributed by atoms with van der Waals surface area (Å²) < 4.78 is 0. The van der Waals surface area contributed by atoms with Gasteiger partial charge in [0, 0.05) is 16.5 Å². The molecule has 0 atom stereocenters. The van der Waals surface area contributed by atoms with Gasteiger partial charge in [0.05, 0.1) is 16.7 Å². The average Bonchev–Trinajstić information content (AvgIpc) is 3.11. The van der Waals surface area contributed by atoms with E-state index in [2.05, 4.69) is 35.1 Å². The molecule has 4 aromatic rings. The van der Waals surface area contributed by atoms with E-state index in [1.807, 2.05) is 29.6 Å². The Morgan fingerprint density at radius 2 is 1.86 bits per heavy atom. The Labute approximate surface area is 130 Å². The summed E-state index contributed by atoms with van der Waals surface area (Å²) in [6, 6.07) is 14.1. The molecule has 0 unspecified atom stereocenters. The fourth-order valence-electron chi connectivity index (χ4n) is 2.51. The predicted octanol–water partition coefficient (Wildman–Crippen LogP) is 3.96. The Bertz CT molecular complexity index is 1030. The number of hydrogen-bond acceptors (Lipinski definition) is 3. The lowest BCUT2D eigenvalue weighted by Gasteiger charge is -1.98. The second-order valence-electron chi connectivity index (χ2n) is 5.25. The van der Waals surface area contributed by atoms with Gasteiger partial charge in [-0.1, -0.05) is 29.8 Å². The number of rotatable bonds is 2. The molecule has 0 amide bonds. The zero-order chi connectivity index (χ0) is 15.1. The molecule has 108 valence electrons. The average molecular weight is 307 g/mol. The molecule has 0 fully saturated rings. The van der Waals surface area contributed by atoms with Crippen LogP contribution in [0.25, 0.3) is 32.9 Å². The Kier molecular flexibility index (Phi) is 2.94. The number of hydrogen-bond donors (Lipinski definition) is 2. The van der Waals surface area contributed by atoms with Gasteiger partial charge < -0.3 is 9.97 Å². The summed E-state index contributed by atoms with van der Waals surface area (Å²) in [5.74, 6) is 0. The van der Waals surface area contributed by atoms with Gasteiger partial charge in [0.25, 0.3) is 0 Å². The summed E-state index contributed by atoms with van der Waals surface area (Å²) in [6.07, 6.45) is 0. The monoisotopic (exact) mass is 307 g/mol. The Hall–Kier alpha value is -2.66. The highest BCUT2D eigenvalue weighted by atomic mass is 32.1. The molecule has 0 spiro atoms. The first-order valence-corrected chi connectivity index (χ1v) is 7.82. The molecule has 2 heterocycles. The highest BCUT2D eigenvalue weighted by Gasteiger charge is 2.08. The maximum absolute atomic E-state index is 11.3. The second-order valence-corrected chi connectivity index (χ2v) is 6.10. The molecule has 2 N–H and O–H groups in total. The van der Waals surface area contributed by atoms with Crippen molar-refractivity contribution in [3.05, 3.63) is 63.9 Å². The smallest absolute Gasteiger partial charge is 0.306 e. The lowest BCUT2D eigenvalue weighted by molar-refractivity contribution is 1.21. The minimum atomic E-state index is -0.189. The van der Waals surface area contributed by atoms with Crippen LogP contribution in [0.5, 0.6) is 0 Å². The Morgan fingerprint density at radius 3 is 2.73 bits per heavy atom. The molecule has 0 radical (unpaired) electrons. The van der Waals surface area contributed by atoms with Crippen LogP contribution in [0.15, 0.2) is 52.6 Å². The van der Waals surface area contributed by atoms with Crippen molar-refractivity contribution in [3.63, 3.8) is 0 Å². The van der Waals surface area contributed by atoms with Crippen LogP contribution in [0, 0.1) is 6.92 Å². The number of aromatic amines is 2. The molecule has 0 aliphatic carbocycles. The number of aromatic nitrogens is 3. The Balaban J connectivity index is 1.77. The molecular weight excluding hydrogens is 294 g/mol. The highest BCUT2D eigenvalue weighted by molar-refractivity contribution is 7.13. The van der Waals surface area contributed by atoms with E-state index in [1.54, 1.807) is 11.3 Å². The fraction of sp³-hybridized carbons (Fsp3) is 0.0588. The Morgan fingerprint density at radius 1 is 1.00 bits per heavy atom. The third-order valence-corrected chi connectivity index (χ3v) is 4.47. The molecule has 4 rings (SSSR count). The van der Waals surface area contributed by atoms with Gasteiger partial charge in [-0.25, -0.2) is 9.78 Å². The molecular formula is C17H13N3OS. The third kappa shape index (κ3) is 2.25. The topological polar surface area (TPSA) is 61.5 Å². The van der Waals surface area contributed by atoms with Crippen molar-refractivity contribution in [2.45, 2.75) is 6.92 Å².